The zero-order valence-electron chi connectivity index (χ0n) is 8.61. The van der Waals surface area contributed by atoms with Crippen molar-refractivity contribution < 1.29 is 9.59 Å². The molecule has 1 aromatic rings. The van der Waals surface area contributed by atoms with Crippen LogP contribution in [0.2, 0.25) is 0 Å². The molecule has 0 aromatic heterocycles. The summed E-state index contributed by atoms with van der Waals surface area (Å²) in [6.45, 7) is 0.298. The molecule has 0 radical (unpaired) electrons. The Balaban J connectivity index is 2.24. The van der Waals surface area contributed by atoms with Gasteiger partial charge in [0.15, 0.2) is 0 Å². The van der Waals surface area contributed by atoms with Crippen molar-refractivity contribution in [3.8, 4) is 0 Å². The third-order valence-electron chi connectivity index (χ3n) is 2.31. The minimum Gasteiger partial charge on any atom is -0.298 e. The van der Waals surface area contributed by atoms with Crippen LogP contribution in [0.15, 0.2) is 34.3 Å². The third kappa shape index (κ3) is 2.43. The fraction of sp³-hybridized carbons (Fsp3) is 0.0909. The van der Waals surface area contributed by atoms with Crippen molar-refractivity contribution in [1.29, 1.82) is 0 Å². The van der Waals surface area contributed by atoms with E-state index < -0.39 is 5.91 Å². The van der Waals surface area contributed by atoms with Crippen molar-refractivity contribution in [2.75, 3.05) is 11.6 Å². The molecular weight excluding hydrogens is 263 g/mol. The summed E-state index contributed by atoms with van der Waals surface area (Å²) in [6.07, 6.45) is 0.752. The zero-order valence-corrected chi connectivity index (χ0v) is 10.1. The molecular formula is C11H8Cl2N2O2. The maximum atomic E-state index is 11.4. The van der Waals surface area contributed by atoms with Crippen LogP contribution in [-0.2, 0) is 4.79 Å². The van der Waals surface area contributed by atoms with E-state index in [-0.39, 0.29) is 10.1 Å². The molecule has 1 aliphatic rings. The minimum atomic E-state index is -0.442. The van der Waals surface area contributed by atoms with Crippen molar-refractivity contribution in [1.82, 2.24) is 5.43 Å². The van der Waals surface area contributed by atoms with Gasteiger partial charge in [-0.25, -0.2) is 0 Å². The van der Waals surface area contributed by atoms with Crippen molar-refractivity contribution in [3.63, 3.8) is 0 Å². The van der Waals surface area contributed by atoms with E-state index >= 15 is 0 Å². The Morgan fingerprint density at radius 3 is 2.41 bits per heavy atom. The quantitative estimate of drug-likeness (QED) is 0.837. The molecule has 1 aromatic carbocycles. The molecule has 0 aliphatic carbocycles. The van der Waals surface area contributed by atoms with E-state index in [1.54, 1.807) is 29.3 Å². The molecule has 88 valence electrons. The highest BCUT2D eigenvalue weighted by atomic mass is 35.5. The molecule has 1 heterocycles. The minimum absolute atomic E-state index is 0.00688. The lowest BCUT2D eigenvalue weighted by molar-refractivity contribution is -0.117. The number of benzene rings is 1. The summed E-state index contributed by atoms with van der Waals surface area (Å²) in [5, 5.41) is 1.85. The summed E-state index contributed by atoms with van der Waals surface area (Å²) >= 11 is 11.5. The number of nitrogens with zero attached hydrogens (tertiary/aromatic N) is 1. The molecule has 0 saturated carbocycles. The van der Waals surface area contributed by atoms with Gasteiger partial charge in [0.05, 0.1) is 17.3 Å². The summed E-state index contributed by atoms with van der Waals surface area (Å²) in [4.78, 5) is 21.9. The molecule has 1 amide bonds. The first-order valence-electron chi connectivity index (χ1n) is 4.79. The maximum Gasteiger partial charge on any atom is 0.282 e. The molecule has 1 N–H and O–H groups in total. The lowest BCUT2D eigenvalue weighted by Crippen LogP contribution is -2.47. The van der Waals surface area contributed by atoms with E-state index in [0.29, 0.717) is 12.1 Å². The maximum absolute atomic E-state index is 11.4. The van der Waals surface area contributed by atoms with Crippen molar-refractivity contribution in [2.24, 2.45) is 0 Å². The number of hydrazine groups is 1. The number of hydrogen-bond donors (Lipinski definition) is 1. The van der Waals surface area contributed by atoms with Crippen LogP contribution in [0.5, 0.6) is 0 Å². The average Bonchev–Trinajstić information content (AvgIpc) is 2.35. The van der Waals surface area contributed by atoms with Gasteiger partial charge in [-0.1, -0.05) is 23.2 Å². The van der Waals surface area contributed by atoms with Gasteiger partial charge >= 0.3 is 0 Å². The number of aldehydes is 1. The fourth-order valence-corrected chi connectivity index (χ4v) is 1.74. The Hall–Kier alpha value is -1.52. The second-order valence-electron chi connectivity index (χ2n) is 3.46. The van der Waals surface area contributed by atoms with E-state index in [1.165, 1.54) is 0 Å². The van der Waals surface area contributed by atoms with E-state index in [1.807, 2.05) is 0 Å². The van der Waals surface area contributed by atoms with Crippen molar-refractivity contribution in [2.45, 2.75) is 0 Å². The van der Waals surface area contributed by atoms with Crippen LogP contribution in [0, 0.1) is 0 Å². The molecule has 0 atom stereocenters. The first-order chi connectivity index (χ1) is 8.11. The molecule has 0 unspecified atom stereocenters. The van der Waals surface area contributed by atoms with Crippen LogP contribution >= 0.6 is 23.2 Å². The van der Waals surface area contributed by atoms with Gasteiger partial charge in [-0.15, -0.1) is 0 Å². The van der Waals surface area contributed by atoms with Crippen LogP contribution in [0.4, 0.5) is 5.69 Å². The Kier molecular flexibility index (Phi) is 3.36. The van der Waals surface area contributed by atoms with Gasteiger partial charge in [0.25, 0.3) is 5.91 Å². The SMILES string of the molecule is O=Cc1ccc(N2CC(Cl)=C(Cl)C(=O)N2)cc1. The molecule has 2 rings (SSSR count). The normalized spacial score (nSPS) is 15.9. The number of hydrogen-bond acceptors (Lipinski definition) is 3. The van der Waals surface area contributed by atoms with Gasteiger partial charge in [-0.3, -0.25) is 20.0 Å². The highest BCUT2D eigenvalue weighted by molar-refractivity contribution is 6.48. The highest BCUT2D eigenvalue weighted by Gasteiger charge is 2.23. The van der Waals surface area contributed by atoms with Crippen molar-refractivity contribution in [3.05, 3.63) is 39.9 Å². The number of carbonyl (C=O) groups is 2. The molecule has 0 saturated heterocycles. The molecule has 0 fully saturated rings. The molecule has 1 aliphatic heterocycles. The standard InChI is InChI=1S/C11H8Cl2N2O2/c12-9-5-15(14-11(17)10(9)13)8-3-1-7(6-16)2-4-8/h1-4,6H,5H2,(H,14,17). The number of halogens is 2. The average molecular weight is 271 g/mol. The van der Waals surface area contributed by atoms with Gasteiger partial charge in [0.2, 0.25) is 0 Å². The van der Waals surface area contributed by atoms with E-state index in [4.69, 9.17) is 23.2 Å². The predicted octanol–water partition coefficient (Wildman–Crippen LogP) is 2.04. The first kappa shape index (κ1) is 12.0. The molecule has 0 bridgehead atoms. The Labute approximate surface area is 108 Å². The van der Waals surface area contributed by atoms with Gasteiger partial charge in [0.1, 0.15) is 11.3 Å². The van der Waals surface area contributed by atoms with Crippen molar-refractivity contribution >= 4 is 41.1 Å². The van der Waals surface area contributed by atoms with Crippen LogP contribution in [-0.4, -0.2) is 18.7 Å². The fourth-order valence-electron chi connectivity index (χ4n) is 1.43. The number of anilines is 1. The lowest BCUT2D eigenvalue weighted by Gasteiger charge is -2.28. The topological polar surface area (TPSA) is 49.4 Å². The van der Waals surface area contributed by atoms with Crippen LogP contribution in [0.1, 0.15) is 10.4 Å². The Bertz CT molecular complexity index is 497. The summed E-state index contributed by atoms with van der Waals surface area (Å²) in [5.41, 5.74) is 3.88. The highest BCUT2D eigenvalue weighted by Crippen LogP contribution is 2.23. The van der Waals surface area contributed by atoms with Gasteiger partial charge in [-0.2, -0.15) is 0 Å². The summed E-state index contributed by atoms with van der Waals surface area (Å²) in [7, 11) is 0. The summed E-state index contributed by atoms with van der Waals surface area (Å²) in [5.74, 6) is -0.442. The molecule has 6 heteroatoms. The van der Waals surface area contributed by atoms with Crippen LogP contribution in [0.3, 0.4) is 0 Å². The van der Waals surface area contributed by atoms with E-state index in [2.05, 4.69) is 5.43 Å². The lowest BCUT2D eigenvalue weighted by atomic mass is 10.2. The monoisotopic (exact) mass is 270 g/mol. The second kappa shape index (κ2) is 4.77. The van der Waals surface area contributed by atoms with Crippen LogP contribution < -0.4 is 10.4 Å². The second-order valence-corrected chi connectivity index (χ2v) is 4.29. The molecule has 4 nitrogen and oxygen atoms in total. The largest absolute Gasteiger partial charge is 0.298 e. The molecule has 17 heavy (non-hydrogen) atoms. The number of amides is 1. The number of carbonyl (C=O) groups excluding carboxylic acids is 2. The first-order valence-corrected chi connectivity index (χ1v) is 5.55. The van der Waals surface area contributed by atoms with E-state index in [0.717, 1.165) is 12.0 Å². The predicted molar refractivity (Wildman–Crippen MR) is 66.1 cm³/mol. The van der Waals surface area contributed by atoms with Crippen LogP contribution in [0.25, 0.3) is 0 Å². The van der Waals surface area contributed by atoms with Gasteiger partial charge in [0, 0.05) is 5.56 Å². The van der Waals surface area contributed by atoms with Gasteiger partial charge in [-0.05, 0) is 24.3 Å². The summed E-state index contributed by atoms with van der Waals surface area (Å²) < 4.78 is 0. The zero-order chi connectivity index (χ0) is 12.4. The van der Waals surface area contributed by atoms with Gasteiger partial charge < -0.3 is 0 Å². The molecule has 0 spiro atoms. The smallest absolute Gasteiger partial charge is 0.282 e. The summed E-state index contributed by atoms with van der Waals surface area (Å²) in [6, 6.07) is 6.74. The Morgan fingerprint density at radius 2 is 1.88 bits per heavy atom. The number of rotatable bonds is 2. The Morgan fingerprint density at radius 1 is 1.24 bits per heavy atom. The third-order valence-corrected chi connectivity index (χ3v) is 3.12. The number of nitrogens with one attached hydrogen (secondary N) is 1. The van der Waals surface area contributed by atoms with E-state index in [9.17, 15) is 9.59 Å².